The molecule has 2 aromatic carbocycles. The minimum Gasteiger partial charge on any atom is -0.495 e. The maximum Gasteiger partial charge on any atom is 0.255 e. The van der Waals surface area contributed by atoms with Gasteiger partial charge in [-0.05, 0) is 25.1 Å². The summed E-state index contributed by atoms with van der Waals surface area (Å²) in [5.41, 5.74) is 0.951. The maximum atomic E-state index is 12.4. The van der Waals surface area contributed by atoms with E-state index in [0.717, 1.165) is 0 Å². The normalized spacial score (nSPS) is 10.1. The number of rotatable bonds is 6. The van der Waals surface area contributed by atoms with Gasteiger partial charge in [0.05, 0.1) is 31.5 Å². The summed E-state index contributed by atoms with van der Waals surface area (Å²) in [5.74, 6) is 1.26. The fourth-order valence-electron chi connectivity index (χ4n) is 2.05. The van der Waals surface area contributed by atoms with E-state index in [9.17, 15) is 4.79 Å². The molecule has 2 rings (SSSR count). The SMILES string of the molecule is CCOc1cccc(C(=O)Nc2cc(OC)c(Cl)cc2OC)c1. The third kappa shape index (κ3) is 4.07. The predicted molar refractivity (Wildman–Crippen MR) is 90.1 cm³/mol. The van der Waals surface area contributed by atoms with Crippen molar-refractivity contribution in [3.8, 4) is 17.2 Å². The third-order valence-corrected chi connectivity index (χ3v) is 3.42. The van der Waals surface area contributed by atoms with E-state index in [1.165, 1.54) is 14.2 Å². The number of hydrogen-bond donors (Lipinski definition) is 1. The van der Waals surface area contributed by atoms with Gasteiger partial charge in [-0.15, -0.1) is 0 Å². The number of anilines is 1. The van der Waals surface area contributed by atoms with Crippen LogP contribution in [-0.2, 0) is 0 Å². The van der Waals surface area contributed by atoms with Gasteiger partial charge in [-0.25, -0.2) is 0 Å². The number of hydrogen-bond acceptors (Lipinski definition) is 4. The van der Waals surface area contributed by atoms with Crippen LogP contribution in [0.15, 0.2) is 36.4 Å². The molecule has 23 heavy (non-hydrogen) atoms. The van der Waals surface area contributed by atoms with Crippen molar-refractivity contribution < 1.29 is 19.0 Å². The van der Waals surface area contributed by atoms with Crippen molar-refractivity contribution in [2.75, 3.05) is 26.1 Å². The summed E-state index contributed by atoms with van der Waals surface area (Å²) in [6, 6.07) is 10.2. The summed E-state index contributed by atoms with van der Waals surface area (Å²) < 4.78 is 15.8. The summed E-state index contributed by atoms with van der Waals surface area (Å²) in [5, 5.41) is 3.19. The summed E-state index contributed by atoms with van der Waals surface area (Å²) in [6.07, 6.45) is 0. The van der Waals surface area contributed by atoms with Crippen LogP contribution in [0.4, 0.5) is 5.69 Å². The zero-order valence-electron chi connectivity index (χ0n) is 13.2. The monoisotopic (exact) mass is 335 g/mol. The van der Waals surface area contributed by atoms with Crippen LogP contribution in [0.25, 0.3) is 0 Å². The first-order chi connectivity index (χ1) is 11.1. The van der Waals surface area contributed by atoms with Crippen molar-refractivity contribution in [2.45, 2.75) is 6.92 Å². The minimum absolute atomic E-state index is 0.283. The van der Waals surface area contributed by atoms with Crippen molar-refractivity contribution in [2.24, 2.45) is 0 Å². The summed E-state index contributed by atoms with van der Waals surface area (Å²) in [7, 11) is 3.01. The second-order valence-electron chi connectivity index (χ2n) is 4.60. The molecule has 0 aliphatic heterocycles. The molecule has 0 saturated heterocycles. The Hall–Kier alpha value is -2.40. The molecule has 1 N–H and O–H groups in total. The van der Waals surface area contributed by atoms with Crippen LogP contribution < -0.4 is 19.5 Å². The molecule has 0 aliphatic carbocycles. The molecule has 0 bridgehead atoms. The number of benzene rings is 2. The van der Waals surface area contributed by atoms with E-state index in [2.05, 4.69) is 5.32 Å². The molecule has 0 spiro atoms. The highest BCUT2D eigenvalue weighted by atomic mass is 35.5. The molecular weight excluding hydrogens is 318 g/mol. The van der Waals surface area contributed by atoms with Crippen LogP contribution in [0.1, 0.15) is 17.3 Å². The lowest BCUT2D eigenvalue weighted by molar-refractivity contribution is 0.102. The Kier molecular flexibility index (Phi) is 5.71. The topological polar surface area (TPSA) is 56.8 Å². The molecule has 0 unspecified atom stereocenters. The van der Waals surface area contributed by atoms with Gasteiger partial charge in [-0.3, -0.25) is 4.79 Å². The van der Waals surface area contributed by atoms with Gasteiger partial charge in [-0.1, -0.05) is 17.7 Å². The van der Waals surface area contributed by atoms with Gasteiger partial charge in [0.25, 0.3) is 5.91 Å². The molecule has 122 valence electrons. The molecule has 0 fully saturated rings. The second-order valence-corrected chi connectivity index (χ2v) is 5.01. The Morgan fingerprint density at radius 1 is 1.13 bits per heavy atom. The number of nitrogens with one attached hydrogen (secondary N) is 1. The number of methoxy groups -OCH3 is 2. The molecule has 0 heterocycles. The van der Waals surface area contributed by atoms with Gasteiger partial charge < -0.3 is 19.5 Å². The minimum atomic E-state index is -0.283. The molecule has 5 nitrogen and oxygen atoms in total. The largest absolute Gasteiger partial charge is 0.495 e. The zero-order valence-corrected chi connectivity index (χ0v) is 13.9. The highest BCUT2D eigenvalue weighted by Crippen LogP contribution is 2.36. The van der Waals surface area contributed by atoms with Gasteiger partial charge in [0.1, 0.15) is 17.2 Å². The number of amides is 1. The Labute approximate surface area is 140 Å². The van der Waals surface area contributed by atoms with Crippen molar-refractivity contribution in [3.05, 3.63) is 47.0 Å². The fraction of sp³-hybridized carbons (Fsp3) is 0.235. The number of ether oxygens (including phenoxy) is 3. The highest BCUT2D eigenvalue weighted by molar-refractivity contribution is 6.32. The Morgan fingerprint density at radius 2 is 1.87 bits per heavy atom. The third-order valence-electron chi connectivity index (χ3n) is 3.13. The molecule has 0 saturated carbocycles. The van der Waals surface area contributed by atoms with Crippen molar-refractivity contribution in [3.63, 3.8) is 0 Å². The average Bonchev–Trinajstić information content (AvgIpc) is 2.56. The molecule has 1 amide bonds. The van der Waals surface area contributed by atoms with Gasteiger partial charge in [0.2, 0.25) is 0 Å². The fourth-order valence-corrected chi connectivity index (χ4v) is 2.28. The van der Waals surface area contributed by atoms with Crippen LogP contribution in [0.2, 0.25) is 5.02 Å². The van der Waals surface area contributed by atoms with Gasteiger partial charge >= 0.3 is 0 Å². The molecular formula is C17H18ClNO4. The van der Waals surface area contributed by atoms with E-state index < -0.39 is 0 Å². The lowest BCUT2D eigenvalue weighted by Gasteiger charge is -2.13. The van der Waals surface area contributed by atoms with Crippen LogP contribution in [0.3, 0.4) is 0 Å². The van der Waals surface area contributed by atoms with E-state index in [1.807, 2.05) is 6.92 Å². The summed E-state index contributed by atoms with van der Waals surface area (Å²) in [4.78, 5) is 12.4. The Bertz CT molecular complexity index is 703. The van der Waals surface area contributed by atoms with Crippen molar-refractivity contribution >= 4 is 23.2 Å². The highest BCUT2D eigenvalue weighted by Gasteiger charge is 2.14. The first-order valence-electron chi connectivity index (χ1n) is 7.04. The van der Waals surface area contributed by atoms with E-state index in [0.29, 0.717) is 40.1 Å². The van der Waals surface area contributed by atoms with E-state index in [-0.39, 0.29) is 5.91 Å². The van der Waals surface area contributed by atoms with Gasteiger partial charge in [0.15, 0.2) is 0 Å². The van der Waals surface area contributed by atoms with Crippen LogP contribution in [0, 0.1) is 0 Å². The first-order valence-corrected chi connectivity index (χ1v) is 7.42. The van der Waals surface area contributed by atoms with E-state index in [4.69, 9.17) is 25.8 Å². The molecule has 0 aliphatic rings. The molecule has 2 aromatic rings. The number of halogens is 1. The van der Waals surface area contributed by atoms with Crippen LogP contribution in [0.5, 0.6) is 17.2 Å². The van der Waals surface area contributed by atoms with Crippen molar-refractivity contribution in [1.82, 2.24) is 0 Å². The Morgan fingerprint density at radius 3 is 2.52 bits per heavy atom. The summed E-state index contributed by atoms with van der Waals surface area (Å²) in [6.45, 7) is 2.42. The lowest BCUT2D eigenvalue weighted by Crippen LogP contribution is -2.13. The number of carbonyl (C=O) groups is 1. The zero-order chi connectivity index (χ0) is 16.8. The maximum absolute atomic E-state index is 12.4. The Balaban J connectivity index is 2.27. The van der Waals surface area contributed by atoms with Crippen LogP contribution in [-0.4, -0.2) is 26.7 Å². The van der Waals surface area contributed by atoms with Gasteiger partial charge in [-0.2, -0.15) is 0 Å². The molecule has 6 heteroatoms. The quantitative estimate of drug-likeness (QED) is 0.866. The predicted octanol–water partition coefficient (Wildman–Crippen LogP) is 4.01. The second kappa shape index (κ2) is 7.74. The first kappa shape index (κ1) is 17.0. The van der Waals surface area contributed by atoms with Crippen molar-refractivity contribution in [1.29, 1.82) is 0 Å². The average molecular weight is 336 g/mol. The number of carbonyl (C=O) groups excluding carboxylic acids is 1. The lowest BCUT2D eigenvalue weighted by atomic mass is 10.2. The van der Waals surface area contributed by atoms with E-state index in [1.54, 1.807) is 36.4 Å². The molecule has 0 atom stereocenters. The molecule has 0 radical (unpaired) electrons. The van der Waals surface area contributed by atoms with Crippen LogP contribution >= 0.6 is 11.6 Å². The smallest absolute Gasteiger partial charge is 0.255 e. The van der Waals surface area contributed by atoms with E-state index >= 15 is 0 Å². The summed E-state index contributed by atoms with van der Waals surface area (Å²) >= 11 is 6.06. The molecule has 0 aromatic heterocycles. The standard InChI is InChI=1S/C17H18ClNO4/c1-4-23-12-7-5-6-11(8-12)17(20)19-14-10-15(21-2)13(18)9-16(14)22-3/h5-10H,4H2,1-3H3,(H,19,20). The van der Waals surface area contributed by atoms with Gasteiger partial charge in [0, 0.05) is 17.7 Å².